The number of rotatable bonds is 6. The zero-order valence-electron chi connectivity index (χ0n) is 21.0. The van der Waals surface area contributed by atoms with Gasteiger partial charge in [-0.15, -0.1) is 0 Å². The van der Waals surface area contributed by atoms with E-state index < -0.39 is 11.9 Å². The smallest absolute Gasteiger partial charge is 0.316 e. The van der Waals surface area contributed by atoms with Gasteiger partial charge in [0.05, 0.1) is 30.0 Å². The number of esters is 1. The molecule has 8 heteroatoms. The Bertz CT molecular complexity index is 1260. The van der Waals surface area contributed by atoms with Crippen LogP contribution in [0.5, 0.6) is 11.5 Å². The molecule has 8 nitrogen and oxygen atoms in total. The predicted molar refractivity (Wildman–Crippen MR) is 135 cm³/mol. The number of hydrogen-bond acceptors (Lipinski definition) is 6. The Morgan fingerprint density at radius 3 is 2.22 bits per heavy atom. The molecule has 2 heterocycles. The molecule has 0 spiro atoms. The molecule has 4 aliphatic rings. The van der Waals surface area contributed by atoms with Gasteiger partial charge >= 0.3 is 5.97 Å². The van der Waals surface area contributed by atoms with E-state index in [1.165, 1.54) is 4.90 Å². The molecule has 2 aliphatic heterocycles. The van der Waals surface area contributed by atoms with E-state index in [-0.39, 0.29) is 42.5 Å². The highest BCUT2D eigenvalue weighted by Gasteiger charge is 2.61. The summed E-state index contributed by atoms with van der Waals surface area (Å²) in [5.41, 5.74) is 1.96. The van der Waals surface area contributed by atoms with Crippen molar-refractivity contribution in [1.29, 1.82) is 0 Å². The highest BCUT2D eigenvalue weighted by Crippen LogP contribution is 2.56. The van der Waals surface area contributed by atoms with E-state index in [1.54, 1.807) is 47.4 Å². The minimum Gasteiger partial charge on any atom is -0.494 e. The number of ether oxygens (including phenoxy) is 2. The third-order valence-corrected chi connectivity index (χ3v) is 8.47. The molecule has 2 aromatic carbocycles. The normalized spacial score (nSPS) is 28.3. The zero-order chi connectivity index (χ0) is 25.8. The molecule has 0 N–H and O–H groups in total. The van der Waals surface area contributed by atoms with E-state index in [9.17, 15) is 19.2 Å². The van der Waals surface area contributed by atoms with Gasteiger partial charge in [0.25, 0.3) is 0 Å². The first kappa shape index (κ1) is 23.7. The average Bonchev–Trinajstić information content (AvgIpc) is 3.64. The molecule has 0 unspecified atom stereocenters. The topological polar surface area (TPSA) is 93.2 Å². The SMILES string of the molecule is CCOc1ccc(N2C[C@@H](C(=O)Oc3ccc(N4C(=O)[C@@H]5[C@H]6CC[C@@H](C6)[C@@H]5C4=O)c(C)c3)CC2=O)cc1. The second-order valence-electron chi connectivity index (χ2n) is 10.6. The summed E-state index contributed by atoms with van der Waals surface area (Å²) in [7, 11) is 0. The number of fused-ring (bicyclic) bond motifs is 5. The van der Waals surface area contributed by atoms with Crippen LogP contribution in [0.15, 0.2) is 42.5 Å². The lowest BCUT2D eigenvalue weighted by atomic mass is 9.81. The third kappa shape index (κ3) is 3.90. The van der Waals surface area contributed by atoms with Crippen LogP contribution in [0.4, 0.5) is 11.4 Å². The van der Waals surface area contributed by atoms with Crippen molar-refractivity contribution in [3.05, 3.63) is 48.0 Å². The third-order valence-electron chi connectivity index (χ3n) is 8.47. The van der Waals surface area contributed by atoms with Crippen LogP contribution in [0.3, 0.4) is 0 Å². The van der Waals surface area contributed by atoms with Crippen molar-refractivity contribution in [3.63, 3.8) is 0 Å². The molecule has 192 valence electrons. The lowest BCUT2D eigenvalue weighted by Gasteiger charge is -2.20. The van der Waals surface area contributed by atoms with Crippen LogP contribution < -0.4 is 19.3 Å². The van der Waals surface area contributed by atoms with Gasteiger partial charge in [-0.2, -0.15) is 0 Å². The summed E-state index contributed by atoms with van der Waals surface area (Å²) in [4.78, 5) is 54.8. The number of amides is 3. The van der Waals surface area contributed by atoms with Gasteiger partial charge in [0.15, 0.2) is 0 Å². The minimum absolute atomic E-state index is 0.0744. The van der Waals surface area contributed by atoms with E-state index in [1.807, 2.05) is 13.8 Å². The van der Waals surface area contributed by atoms with Crippen molar-refractivity contribution in [2.75, 3.05) is 23.0 Å². The molecule has 2 aromatic rings. The molecule has 3 amide bonds. The van der Waals surface area contributed by atoms with Crippen LogP contribution in [-0.2, 0) is 19.2 Å². The van der Waals surface area contributed by atoms with Gasteiger partial charge in [0.2, 0.25) is 17.7 Å². The molecule has 2 saturated heterocycles. The maximum atomic E-state index is 13.2. The van der Waals surface area contributed by atoms with Crippen LogP contribution >= 0.6 is 0 Å². The van der Waals surface area contributed by atoms with Gasteiger partial charge in [-0.25, -0.2) is 4.90 Å². The summed E-state index contributed by atoms with van der Waals surface area (Å²) in [5, 5.41) is 0. The summed E-state index contributed by atoms with van der Waals surface area (Å²) in [6.45, 7) is 4.51. The number of anilines is 2. The van der Waals surface area contributed by atoms with Crippen molar-refractivity contribution in [1.82, 2.24) is 0 Å². The number of nitrogens with zero attached hydrogens (tertiary/aromatic N) is 2. The molecule has 6 rings (SSSR count). The fraction of sp³-hybridized carbons (Fsp3) is 0.448. The van der Waals surface area contributed by atoms with Gasteiger partial charge in [0.1, 0.15) is 11.5 Å². The molecule has 0 aromatic heterocycles. The molecule has 5 atom stereocenters. The molecule has 4 fully saturated rings. The number of carbonyl (C=O) groups excluding carboxylic acids is 4. The van der Waals surface area contributed by atoms with Gasteiger partial charge in [0, 0.05) is 18.7 Å². The molecule has 2 aliphatic carbocycles. The number of imide groups is 1. The number of carbonyl (C=O) groups is 4. The number of hydrogen-bond donors (Lipinski definition) is 0. The Balaban J connectivity index is 1.13. The van der Waals surface area contributed by atoms with Crippen molar-refractivity contribution in [3.8, 4) is 11.5 Å². The molecule has 2 saturated carbocycles. The molecule has 2 bridgehead atoms. The Labute approximate surface area is 215 Å². The quantitative estimate of drug-likeness (QED) is 0.338. The minimum atomic E-state index is -0.587. The highest BCUT2D eigenvalue weighted by atomic mass is 16.5. The summed E-state index contributed by atoms with van der Waals surface area (Å²) in [5.74, 6) is -0.0301. The average molecular weight is 503 g/mol. The summed E-state index contributed by atoms with van der Waals surface area (Å²) >= 11 is 0. The first-order valence-corrected chi connectivity index (χ1v) is 13.1. The standard InChI is InChI=1S/C29H30N2O6/c1-3-36-21-8-6-20(7-9-21)30-15-19(14-24(30)32)29(35)37-22-10-11-23(16(2)12-22)31-27(33)25-17-4-5-18(13-17)26(25)28(31)34/h6-12,17-19,25-26H,3-5,13-15H2,1-2H3/t17-,18-,19-,25-,26+/m0/s1. The first-order valence-electron chi connectivity index (χ1n) is 13.1. The summed E-state index contributed by atoms with van der Waals surface area (Å²) in [6, 6.07) is 12.2. The fourth-order valence-electron chi connectivity index (χ4n) is 6.79. The van der Waals surface area contributed by atoms with Crippen LogP contribution in [0.2, 0.25) is 0 Å². The van der Waals surface area contributed by atoms with E-state index in [4.69, 9.17) is 9.47 Å². The Kier molecular flexibility index (Phi) is 5.77. The highest BCUT2D eigenvalue weighted by molar-refractivity contribution is 6.23. The molecular weight excluding hydrogens is 472 g/mol. The maximum absolute atomic E-state index is 13.2. The lowest BCUT2D eigenvalue weighted by Crippen LogP contribution is -2.33. The second-order valence-corrected chi connectivity index (χ2v) is 10.6. The Morgan fingerprint density at radius 2 is 1.59 bits per heavy atom. The first-order chi connectivity index (χ1) is 17.9. The van der Waals surface area contributed by atoms with Gasteiger partial charge in [-0.1, -0.05) is 0 Å². The maximum Gasteiger partial charge on any atom is 0.316 e. The van der Waals surface area contributed by atoms with Crippen LogP contribution in [0.25, 0.3) is 0 Å². The van der Waals surface area contributed by atoms with E-state index in [2.05, 4.69) is 0 Å². The monoisotopic (exact) mass is 502 g/mol. The van der Waals surface area contributed by atoms with Gasteiger partial charge < -0.3 is 14.4 Å². The van der Waals surface area contributed by atoms with Crippen molar-refractivity contribution < 1.29 is 28.7 Å². The second kappa shape index (κ2) is 9.01. The van der Waals surface area contributed by atoms with Crippen LogP contribution in [0, 0.1) is 36.5 Å². The Morgan fingerprint density at radius 1 is 0.946 bits per heavy atom. The molecule has 37 heavy (non-hydrogen) atoms. The van der Waals surface area contributed by atoms with Crippen LogP contribution in [0.1, 0.15) is 38.2 Å². The van der Waals surface area contributed by atoms with Crippen molar-refractivity contribution in [2.24, 2.45) is 29.6 Å². The van der Waals surface area contributed by atoms with Crippen molar-refractivity contribution in [2.45, 2.75) is 39.5 Å². The largest absolute Gasteiger partial charge is 0.494 e. The van der Waals surface area contributed by atoms with Gasteiger partial charge in [-0.3, -0.25) is 19.2 Å². The molecular formula is C29H30N2O6. The summed E-state index contributed by atoms with van der Waals surface area (Å²) in [6.07, 6.45) is 3.14. The van der Waals surface area contributed by atoms with Crippen LogP contribution in [-0.4, -0.2) is 36.8 Å². The van der Waals surface area contributed by atoms with Gasteiger partial charge in [-0.05, 0) is 93.0 Å². The van der Waals surface area contributed by atoms with E-state index >= 15 is 0 Å². The lowest BCUT2D eigenvalue weighted by molar-refractivity contribution is -0.139. The Hall–Kier alpha value is -3.68. The number of benzene rings is 2. The molecule has 0 radical (unpaired) electrons. The van der Waals surface area contributed by atoms with Crippen molar-refractivity contribution >= 4 is 35.1 Å². The zero-order valence-corrected chi connectivity index (χ0v) is 21.0. The summed E-state index contributed by atoms with van der Waals surface area (Å²) < 4.78 is 11.1. The van der Waals surface area contributed by atoms with E-state index in [0.717, 1.165) is 25.0 Å². The fourth-order valence-corrected chi connectivity index (χ4v) is 6.79. The number of aryl methyl sites for hydroxylation is 1. The van der Waals surface area contributed by atoms with E-state index in [0.29, 0.717) is 41.1 Å². The predicted octanol–water partition coefficient (Wildman–Crippen LogP) is 3.89.